The average Bonchev–Trinajstić information content (AvgIpc) is 2.51. The zero-order valence-corrected chi connectivity index (χ0v) is 13.8. The van der Waals surface area contributed by atoms with E-state index in [1.807, 2.05) is 12.1 Å². The van der Waals surface area contributed by atoms with Crippen molar-refractivity contribution in [1.82, 2.24) is 10.2 Å². The molecule has 1 aromatic rings. The monoisotopic (exact) mass is 290 g/mol. The Kier molecular flexibility index (Phi) is 6.52. The van der Waals surface area contributed by atoms with E-state index in [0.29, 0.717) is 6.04 Å². The van der Waals surface area contributed by atoms with Crippen LogP contribution in [0.1, 0.15) is 31.7 Å². The van der Waals surface area contributed by atoms with Gasteiger partial charge in [0.05, 0.1) is 7.11 Å². The molecule has 1 fully saturated rings. The van der Waals surface area contributed by atoms with Crippen molar-refractivity contribution >= 4 is 0 Å². The number of methoxy groups -OCH3 is 1. The Morgan fingerprint density at radius 2 is 2.10 bits per heavy atom. The van der Waals surface area contributed by atoms with Crippen LogP contribution in [0.3, 0.4) is 0 Å². The highest BCUT2D eigenvalue weighted by Gasteiger charge is 2.17. The summed E-state index contributed by atoms with van der Waals surface area (Å²) in [7, 11) is 3.95. The quantitative estimate of drug-likeness (QED) is 0.835. The van der Waals surface area contributed by atoms with Crippen LogP contribution >= 0.6 is 0 Å². The van der Waals surface area contributed by atoms with E-state index in [9.17, 15) is 0 Å². The topological polar surface area (TPSA) is 24.5 Å². The van der Waals surface area contributed by atoms with Crippen LogP contribution < -0.4 is 10.1 Å². The molecule has 0 radical (unpaired) electrons. The first-order valence-electron chi connectivity index (χ1n) is 8.22. The molecule has 2 atom stereocenters. The standard InChI is InChI=1S/C18H30N2O/c1-15(19-13-17-5-4-12-20(2)14-17)6-7-16-8-10-18(21-3)11-9-16/h8-11,15,17,19H,4-7,12-14H2,1-3H3. The third-order valence-corrected chi connectivity index (χ3v) is 4.50. The lowest BCUT2D eigenvalue weighted by Gasteiger charge is -2.30. The van der Waals surface area contributed by atoms with Crippen LogP contribution in [0.15, 0.2) is 24.3 Å². The van der Waals surface area contributed by atoms with Gasteiger partial charge in [0.1, 0.15) is 5.75 Å². The smallest absolute Gasteiger partial charge is 0.118 e. The van der Waals surface area contributed by atoms with Crippen molar-refractivity contribution in [2.75, 3.05) is 33.8 Å². The first-order chi connectivity index (χ1) is 10.2. The predicted molar refractivity (Wildman–Crippen MR) is 89.0 cm³/mol. The van der Waals surface area contributed by atoms with Gasteiger partial charge in [-0.05, 0) is 76.4 Å². The van der Waals surface area contributed by atoms with E-state index in [1.165, 1.54) is 37.9 Å². The fraction of sp³-hybridized carbons (Fsp3) is 0.667. The van der Waals surface area contributed by atoms with E-state index < -0.39 is 0 Å². The van der Waals surface area contributed by atoms with Gasteiger partial charge in [-0.25, -0.2) is 0 Å². The van der Waals surface area contributed by atoms with Gasteiger partial charge in [-0.1, -0.05) is 12.1 Å². The number of ether oxygens (including phenoxy) is 1. The Morgan fingerprint density at radius 3 is 2.76 bits per heavy atom. The van der Waals surface area contributed by atoms with Crippen molar-refractivity contribution in [3.8, 4) is 5.75 Å². The summed E-state index contributed by atoms with van der Waals surface area (Å²) >= 11 is 0. The molecule has 1 aromatic carbocycles. The van der Waals surface area contributed by atoms with Gasteiger partial charge >= 0.3 is 0 Å². The van der Waals surface area contributed by atoms with Gasteiger partial charge < -0.3 is 15.0 Å². The fourth-order valence-electron chi connectivity index (χ4n) is 3.09. The van der Waals surface area contributed by atoms with E-state index in [1.54, 1.807) is 7.11 Å². The van der Waals surface area contributed by atoms with Crippen LogP contribution in [-0.2, 0) is 6.42 Å². The summed E-state index contributed by atoms with van der Waals surface area (Å²) in [4.78, 5) is 2.46. The Morgan fingerprint density at radius 1 is 1.33 bits per heavy atom. The maximum atomic E-state index is 5.19. The molecule has 1 aliphatic heterocycles. The predicted octanol–water partition coefficient (Wildman–Crippen LogP) is 2.95. The maximum Gasteiger partial charge on any atom is 0.118 e. The molecule has 3 heteroatoms. The van der Waals surface area contributed by atoms with Gasteiger partial charge in [-0.2, -0.15) is 0 Å². The van der Waals surface area contributed by atoms with Gasteiger partial charge in [0.25, 0.3) is 0 Å². The average molecular weight is 290 g/mol. The number of rotatable bonds is 7. The maximum absolute atomic E-state index is 5.19. The van der Waals surface area contributed by atoms with Crippen LogP contribution in [0.4, 0.5) is 0 Å². The second-order valence-corrected chi connectivity index (χ2v) is 6.47. The molecule has 1 N–H and O–H groups in total. The molecular weight excluding hydrogens is 260 g/mol. The number of piperidine rings is 1. The van der Waals surface area contributed by atoms with Crippen LogP contribution in [0, 0.1) is 5.92 Å². The minimum atomic E-state index is 0.583. The molecule has 1 heterocycles. The van der Waals surface area contributed by atoms with Gasteiger partial charge in [0.15, 0.2) is 0 Å². The third kappa shape index (κ3) is 5.68. The second-order valence-electron chi connectivity index (χ2n) is 6.47. The van der Waals surface area contributed by atoms with Crippen LogP contribution in [0.2, 0.25) is 0 Å². The highest BCUT2D eigenvalue weighted by Crippen LogP contribution is 2.15. The highest BCUT2D eigenvalue weighted by molar-refractivity contribution is 5.27. The summed E-state index contributed by atoms with van der Waals surface area (Å²) in [6, 6.07) is 9.01. The van der Waals surface area contributed by atoms with Crippen LogP contribution in [0.25, 0.3) is 0 Å². The fourth-order valence-corrected chi connectivity index (χ4v) is 3.09. The molecule has 0 saturated carbocycles. The molecule has 0 aromatic heterocycles. The Balaban J connectivity index is 1.65. The molecule has 1 aliphatic rings. The number of nitrogens with zero attached hydrogens (tertiary/aromatic N) is 1. The lowest BCUT2D eigenvalue weighted by molar-refractivity contribution is 0.203. The Labute approximate surface area is 129 Å². The number of likely N-dealkylation sites (tertiary alicyclic amines) is 1. The highest BCUT2D eigenvalue weighted by atomic mass is 16.5. The van der Waals surface area contributed by atoms with E-state index in [2.05, 4.69) is 36.3 Å². The number of aryl methyl sites for hydroxylation is 1. The summed E-state index contributed by atoms with van der Waals surface area (Å²) < 4.78 is 5.19. The molecule has 21 heavy (non-hydrogen) atoms. The Hall–Kier alpha value is -1.06. The van der Waals surface area contributed by atoms with E-state index in [0.717, 1.165) is 24.6 Å². The third-order valence-electron chi connectivity index (χ3n) is 4.50. The normalized spacial score (nSPS) is 21.2. The molecule has 2 rings (SSSR count). The number of hydrogen-bond acceptors (Lipinski definition) is 3. The molecule has 118 valence electrons. The molecule has 0 aliphatic carbocycles. The van der Waals surface area contributed by atoms with Gasteiger partial charge in [-0.15, -0.1) is 0 Å². The summed E-state index contributed by atoms with van der Waals surface area (Å²) in [6.07, 6.45) is 5.04. The number of hydrogen-bond donors (Lipinski definition) is 1. The molecule has 0 bridgehead atoms. The van der Waals surface area contributed by atoms with Crippen molar-refractivity contribution in [3.63, 3.8) is 0 Å². The number of benzene rings is 1. The second kappa shape index (κ2) is 8.40. The summed E-state index contributed by atoms with van der Waals surface area (Å²) in [6.45, 7) is 5.98. The summed E-state index contributed by atoms with van der Waals surface area (Å²) in [5.41, 5.74) is 1.39. The van der Waals surface area contributed by atoms with E-state index >= 15 is 0 Å². The zero-order valence-electron chi connectivity index (χ0n) is 13.8. The minimum absolute atomic E-state index is 0.583. The van der Waals surface area contributed by atoms with Gasteiger partial charge in [0.2, 0.25) is 0 Å². The molecule has 0 amide bonds. The zero-order chi connectivity index (χ0) is 15.1. The minimum Gasteiger partial charge on any atom is -0.497 e. The summed E-state index contributed by atoms with van der Waals surface area (Å²) in [5, 5.41) is 3.71. The van der Waals surface area contributed by atoms with Crippen molar-refractivity contribution in [1.29, 1.82) is 0 Å². The van der Waals surface area contributed by atoms with Crippen molar-refractivity contribution in [3.05, 3.63) is 29.8 Å². The molecule has 1 saturated heterocycles. The largest absolute Gasteiger partial charge is 0.497 e. The van der Waals surface area contributed by atoms with Crippen molar-refractivity contribution in [2.24, 2.45) is 5.92 Å². The first-order valence-corrected chi connectivity index (χ1v) is 8.22. The summed E-state index contributed by atoms with van der Waals surface area (Å²) in [5.74, 6) is 1.76. The van der Waals surface area contributed by atoms with Crippen molar-refractivity contribution in [2.45, 2.75) is 38.6 Å². The molecular formula is C18H30N2O. The molecule has 3 nitrogen and oxygen atoms in total. The molecule has 0 spiro atoms. The lowest BCUT2D eigenvalue weighted by Crippen LogP contribution is -2.39. The van der Waals surface area contributed by atoms with Crippen LogP contribution in [-0.4, -0.2) is 44.7 Å². The Bertz CT molecular complexity index is 404. The van der Waals surface area contributed by atoms with Crippen molar-refractivity contribution < 1.29 is 4.74 Å². The SMILES string of the molecule is COc1ccc(CCC(C)NCC2CCCN(C)C2)cc1. The van der Waals surface area contributed by atoms with E-state index in [4.69, 9.17) is 4.74 Å². The van der Waals surface area contributed by atoms with Gasteiger partial charge in [0, 0.05) is 12.6 Å². The molecule has 2 unspecified atom stereocenters. The number of nitrogens with one attached hydrogen (secondary N) is 1. The first kappa shape index (κ1) is 16.3. The van der Waals surface area contributed by atoms with Gasteiger partial charge in [-0.3, -0.25) is 0 Å². The van der Waals surface area contributed by atoms with Crippen LogP contribution in [0.5, 0.6) is 5.75 Å². The van der Waals surface area contributed by atoms with E-state index in [-0.39, 0.29) is 0 Å². The lowest BCUT2D eigenvalue weighted by atomic mass is 9.98.